The molecule has 1 amide bonds. The lowest BCUT2D eigenvalue weighted by atomic mass is 10.1. The number of halogens is 1. The molecule has 0 aliphatic carbocycles. The van der Waals surface area contributed by atoms with Gasteiger partial charge in [-0.15, -0.1) is 0 Å². The highest BCUT2D eigenvalue weighted by molar-refractivity contribution is 7.97. The fourth-order valence-corrected chi connectivity index (χ4v) is 3.39. The molecule has 1 aromatic carbocycles. The third kappa shape index (κ3) is 3.29. The molecule has 1 N–H and O–H groups in total. The summed E-state index contributed by atoms with van der Waals surface area (Å²) in [6, 6.07) is 3.86. The van der Waals surface area contributed by atoms with Gasteiger partial charge >= 0.3 is 0 Å². The van der Waals surface area contributed by atoms with Crippen LogP contribution in [0.5, 0.6) is 0 Å². The summed E-state index contributed by atoms with van der Waals surface area (Å²) in [5, 5.41) is 13.7. The van der Waals surface area contributed by atoms with E-state index in [1.807, 2.05) is 6.26 Å². The molecular formula is C16H18FN3O3S. The highest BCUT2D eigenvalue weighted by Crippen LogP contribution is 2.32. The molecule has 0 spiro atoms. The van der Waals surface area contributed by atoms with E-state index in [1.54, 1.807) is 13.0 Å². The number of carbonyl (C=O) groups is 1. The van der Waals surface area contributed by atoms with Crippen molar-refractivity contribution >= 4 is 17.7 Å². The molecule has 1 aliphatic rings. The summed E-state index contributed by atoms with van der Waals surface area (Å²) in [6.07, 6.45) is 1.56. The van der Waals surface area contributed by atoms with Gasteiger partial charge in [-0.1, -0.05) is 5.16 Å². The highest BCUT2D eigenvalue weighted by Gasteiger charge is 2.39. The van der Waals surface area contributed by atoms with Gasteiger partial charge in [0.05, 0.1) is 6.10 Å². The van der Waals surface area contributed by atoms with E-state index < -0.39 is 12.1 Å². The van der Waals surface area contributed by atoms with E-state index in [0.29, 0.717) is 35.0 Å². The summed E-state index contributed by atoms with van der Waals surface area (Å²) < 4.78 is 19.0. The van der Waals surface area contributed by atoms with Gasteiger partial charge in [0.15, 0.2) is 5.82 Å². The monoisotopic (exact) mass is 351 g/mol. The minimum absolute atomic E-state index is 0.181. The fraction of sp³-hybridized carbons (Fsp3) is 0.438. The van der Waals surface area contributed by atoms with E-state index in [2.05, 4.69) is 10.1 Å². The van der Waals surface area contributed by atoms with Gasteiger partial charge in [0, 0.05) is 24.3 Å². The van der Waals surface area contributed by atoms with Gasteiger partial charge in [0.1, 0.15) is 11.9 Å². The largest absolute Gasteiger partial charge is 0.391 e. The van der Waals surface area contributed by atoms with Gasteiger partial charge in [0.2, 0.25) is 5.89 Å². The SMILES string of the molecule is CSCc1cc(C(=O)N2C[C@@H](O)C[C@@H]2c2nc(C)no2)ccc1F. The Balaban J connectivity index is 1.89. The van der Waals surface area contributed by atoms with Gasteiger partial charge in [0.25, 0.3) is 5.91 Å². The maximum Gasteiger partial charge on any atom is 0.254 e. The molecule has 1 fully saturated rings. The van der Waals surface area contributed by atoms with E-state index in [1.165, 1.54) is 28.8 Å². The average Bonchev–Trinajstić information content (AvgIpc) is 3.14. The maximum atomic E-state index is 13.8. The van der Waals surface area contributed by atoms with E-state index >= 15 is 0 Å². The van der Waals surface area contributed by atoms with Crippen molar-refractivity contribution in [1.82, 2.24) is 15.0 Å². The zero-order valence-corrected chi connectivity index (χ0v) is 14.2. The van der Waals surface area contributed by atoms with E-state index in [0.717, 1.165) is 0 Å². The number of aryl methyl sites for hydroxylation is 1. The number of β-amino-alcohol motifs (C(OH)–C–C–N with tert-alkyl or cyclic N) is 1. The molecule has 0 unspecified atom stereocenters. The lowest BCUT2D eigenvalue weighted by molar-refractivity contribution is 0.0693. The molecule has 1 saturated heterocycles. The van der Waals surface area contributed by atoms with Crippen LogP contribution < -0.4 is 0 Å². The van der Waals surface area contributed by atoms with Crippen LogP contribution in [0.2, 0.25) is 0 Å². The minimum Gasteiger partial charge on any atom is -0.391 e. The number of hydrogen-bond donors (Lipinski definition) is 1. The van der Waals surface area contributed by atoms with Crippen molar-refractivity contribution in [2.24, 2.45) is 0 Å². The minimum atomic E-state index is -0.655. The van der Waals surface area contributed by atoms with Crippen LogP contribution in [0.3, 0.4) is 0 Å². The van der Waals surface area contributed by atoms with Crippen LogP contribution in [0.1, 0.15) is 40.1 Å². The molecule has 6 nitrogen and oxygen atoms in total. The number of rotatable bonds is 4. The van der Waals surface area contributed by atoms with Crippen molar-refractivity contribution in [3.8, 4) is 0 Å². The third-order valence-electron chi connectivity index (χ3n) is 3.96. The van der Waals surface area contributed by atoms with Crippen molar-refractivity contribution < 1.29 is 18.8 Å². The standard InChI is InChI=1S/C16H18FN3O3S/c1-9-18-15(23-19-9)14-6-12(21)7-20(14)16(22)10-3-4-13(17)11(5-10)8-24-2/h3-5,12,14,21H,6-8H2,1-2H3/t12-,14+/m0/s1. The van der Waals surface area contributed by atoms with Gasteiger partial charge < -0.3 is 14.5 Å². The van der Waals surface area contributed by atoms with Gasteiger partial charge in [-0.3, -0.25) is 4.79 Å². The van der Waals surface area contributed by atoms with Crippen LogP contribution in [-0.2, 0) is 5.75 Å². The lowest BCUT2D eigenvalue weighted by Crippen LogP contribution is -2.32. The summed E-state index contributed by atoms with van der Waals surface area (Å²) in [7, 11) is 0. The zero-order chi connectivity index (χ0) is 17.3. The Morgan fingerprint density at radius 1 is 1.54 bits per heavy atom. The molecule has 3 rings (SSSR count). The summed E-state index contributed by atoms with van der Waals surface area (Å²) in [4.78, 5) is 18.5. The topological polar surface area (TPSA) is 79.5 Å². The average molecular weight is 351 g/mol. The van der Waals surface area contributed by atoms with Crippen LogP contribution in [0, 0.1) is 12.7 Å². The first kappa shape index (κ1) is 16.9. The predicted octanol–water partition coefficient (Wildman–Crippen LogP) is 2.33. The number of aromatic nitrogens is 2. The Morgan fingerprint density at radius 3 is 3.00 bits per heavy atom. The molecule has 1 aliphatic heterocycles. The highest BCUT2D eigenvalue weighted by atomic mass is 32.2. The van der Waals surface area contributed by atoms with E-state index in [9.17, 15) is 14.3 Å². The maximum absolute atomic E-state index is 13.8. The molecule has 0 saturated carbocycles. The van der Waals surface area contributed by atoms with Crippen LogP contribution in [0.25, 0.3) is 0 Å². The zero-order valence-electron chi connectivity index (χ0n) is 13.4. The van der Waals surface area contributed by atoms with Crippen molar-refractivity contribution in [3.05, 3.63) is 46.9 Å². The summed E-state index contributed by atoms with van der Waals surface area (Å²) in [5.74, 6) is 0.662. The number of nitrogens with zero attached hydrogens (tertiary/aromatic N) is 3. The predicted molar refractivity (Wildman–Crippen MR) is 87.1 cm³/mol. The number of likely N-dealkylation sites (tertiary alicyclic amines) is 1. The first-order chi connectivity index (χ1) is 11.5. The Labute approximate surface area is 143 Å². The fourth-order valence-electron chi connectivity index (χ4n) is 2.86. The molecule has 2 atom stereocenters. The molecule has 2 heterocycles. The molecule has 0 radical (unpaired) electrons. The first-order valence-electron chi connectivity index (χ1n) is 7.56. The number of hydrogen-bond acceptors (Lipinski definition) is 6. The Morgan fingerprint density at radius 2 is 2.33 bits per heavy atom. The second-order valence-electron chi connectivity index (χ2n) is 5.78. The number of aliphatic hydroxyl groups excluding tert-OH is 1. The normalized spacial score (nSPS) is 20.6. The molecule has 2 aromatic rings. The number of amides is 1. The van der Waals surface area contributed by atoms with E-state index in [-0.39, 0.29) is 18.3 Å². The van der Waals surface area contributed by atoms with Crippen LogP contribution >= 0.6 is 11.8 Å². The van der Waals surface area contributed by atoms with Gasteiger partial charge in [-0.05, 0) is 36.9 Å². The van der Waals surface area contributed by atoms with Gasteiger partial charge in [-0.2, -0.15) is 16.7 Å². The summed E-state index contributed by atoms with van der Waals surface area (Å²) in [5.41, 5.74) is 0.870. The Hall–Kier alpha value is -1.93. The molecule has 128 valence electrons. The van der Waals surface area contributed by atoms with Crippen molar-refractivity contribution in [2.75, 3.05) is 12.8 Å². The lowest BCUT2D eigenvalue weighted by Gasteiger charge is -2.22. The second-order valence-corrected chi connectivity index (χ2v) is 6.65. The molecule has 24 heavy (non-hydrogen) atoms. The number of aliphatic hydroxyl groups is 1. The molecule has 8 heteroatoms. The second kappa shape index (κ2) is 6.90. The summed E-state index contributed by atoms with van der Waals surface area (Å²) >= 11 is 1.48. The van der Waals surface area contributed by atoms with Gasteiger partial charge in [-0.25, -0.2) is 4.39 Å². The number of benzene rings is 1. The smallest absolute Gasteiger partial charge is 0.254 e. The van der Waals surface area contributed by atoms with E-state index in [4.69, 9.17) is 4.52 Å². The first-order valence-corrected chi connectivity index (χ1v) is 8.95. The van der Waals surface area contributed by atoms with Crippen LogP contribution in [0.4, 0.5) is 4.39 Å². The van der Waals surface area contributed by atoms with Crippen molar-refractivity contribution in [3.63, 3.8) is 0 Å². The molecular weight excluding hydrogens is 333 g/mol. The van der Waals surface area contributed by atoms with Crippen LogP contribution in [0.15, 0.2) is 22.7 Å². The van der Waals surface area contributed by atoms with Crippen molar-refractivity contribution in [1.29, 1.82) is 0 Å². The van der Waals surface area contributed by atoms with Crippen molar-refractivity contribution in [2.45, 2.75) is 31.2 Å². The summed E-state index contributed by atoms with van der Waals surface area (Å²) in [6.45, 7) is 1.87. The molecule has 1 aromatic heterocycles. The Kier molecular flexibility index (Phi) is 4.86. The quantitative estimate of drug-likeness (QED) is 0.911. The number of carbonyl (C=O) groups excluding carboxylic acids is 1. The third-order valence-corrected chi connectivity index (χ3v) is 4.56. The number of thioether (sulfide) groups is 1. The van der Waals surface area contributed by atoms with Crippen LogP contribution in [-0.4, -0.2) is 45.0 Å². The molecule has 0 bridgehead atoms. The Bertz CT molecular complexity index is 752.